The molecule has 0 saturated carbocycles. The lowest BCUT2D eigenvalue weighted by molar-refractivity contribution is 0.0596. The van der Waals surface area contributed by atoms with Crippen LogP contribution in [0.4, 0.5) is 0 Å². The lowest BCUT2D eigenvalue weighted by atomic mass is 10.1. The predicted molar refractivity (Wildman–Crippen MR) is 112 cm³/mol. The quantitative estimate of drug-likeness (QED) is 0.635. The van der Waals surface area contributed by atoms with Gasteiger partial charge in [-0.05, 0) is 30.9 Å². The molecule has 1 fully saturated rings. The number of benzene rings is 1. The monoisotopic (exact) mass is 449 g/mol. The average Bonchev–Trinajstić information content (AvgIpc) is 3.27. The first-order valence-corrected chi connectivity index (χ1v) is 11.6. The Kier molecular flexibility index (Phi) is 7.06. The molecule has 3 rings (SSSR count). The second kappa shape index (κ2) is 9.56. The molecule has 0 radical (unpaired) electrons. The molecule has 0 spiro atoms. The summed E-state index contributed by atoms with van der Waals surface area (Å²) < 4.78 is 34.2. The van der Waals surface area contributed by atoms with E-state index in [0.717, 1.165) is 0 Å². The highest BCUT2D eigenvalue weighted by atomic mass is 32.2. The van der Waals surface area contributed by atoms with Crippen LogP contribution in [0.3, 0.4) is 0 Å². The van der Waals surface area contributed by atoms with Gasteiger partial charge in [0.2, 0.25) is 10.0 Å². The normalized spacial score (nSPS) is 17.5. The van der Waals surface area contributed by atoms with Crippen LogP contribution in [-0.2, 0) is 14.8 Å². The highest BCUT2D eigenvalue weighted by molar-refractivity contribution is 7.89. The smallest absolute Gasteiger partial charge is 0.339 e. The minimum Gasteiger partial charge on any atom is -0.465 e. The van der Waals surface area contributed by atoms with Gasteiger partial charge in [0.15, 0.2) is 5.69 Å². The number of aromatic nitrogens is 3. The van der Waals surface area contributed by atoms with E-state index in [1.165, 1.54) is 28.2 Å². The van der Waals surface area contributed by atoms with Gasteiger partial charge in [-0.15, -0.1) is 5.10 Å². The number of carbonyl (C=O) groups excluding carboxylic acids is 2. The van der Waals surface area contributed by atoms with Crippen molar-refractivity contribution in [3.05, 3.63) is 41.7 Å². The minimum atomic E-state index is -3.92. The first-order chi connectivity index (χ1) is 14.7. The molecule has 1 aliphatic heterocycles. The van der Waals surface area contributed by atoms with Gasteiger partial charge in [0.05, 0.1) is 29.8 Å². The SMILES string of the molecule is COC(=O)c1ccccc1S(=O)(=O)N1CCC[C@H](n2cc(C(=O)NCC(C)C)nn2)C1. The van der Waals surface area contributed by atoms with Crippen molar-refractivity contribution in [1.29, 1.82) is 0 Å². The predicted octanol–water partition coefficient (Wildman–Crippen LogP) is 1.48. The van der Waals surface area contributed by atoms with Gasteiger partial charge in [0.25, 0.3) is 5.91 Å². The molecule has 1 N–H and O–H groups in total. The lowest BCUT2D eigenvalue weighted by Gasteiger charge is -2.32. The van der Waals surface area contributed by atoms with E-state index >= 15 is 0 Å². The molecule has 0 bridgehead atoms. The van der Waals surface area contributed by atoms with Crippen molar-refractivity contribution >= 4 is 21.9 Å². The topological polar surface area (TPSA) is 123 Å². The number of esters is 1. The third kappa shape index (κ3) is 5.10. The van der Waals surface area contributed by atoms with Crippen LogP contribution in [0.2, 0.25) is 0 Å². The van der Waals surface area contributed by atoms with E-state index in [1.54, 1.807) is 18.3 Å². The summed E-state index contributed by atoms with van der Waals surface area (Å²) in [5.41, 5.74) is 0.189. The maximum absolute atomic E-state index is 13.3. The van der Waals surface area contributed by atoms with Crippen LogP contribution in [-0.4, -0.2) is 66.3 Å². The van der Waals surface area contributed by atoms with Gasteiger partial charge in [0, 0.05) is 19.6 Å². The van der Waals surface area contributed by atoms with Crippen LogP contribution in [0, 0.1) is 5.92 Å². The highest BCUT2D eigenvalue weighted by Crippen LogP contribution is 2.28. The fourth-order valence-electron chi connectivity index (χ4n) is 3.41. The van der Waals surface area contributed by atoms with Crippen molar-refractivity contribution in [3.63, 3.8) is 0 Å². The Balaban J connectivity index is 1.78. The molecule has 1 aromatic carbocycles. The molecule has 1 amide bonds. The molecule has 1 aliphatic rings. The number of amides is 1. The summed E-state index contributed by atoms with van der Waals surface area (Å²) in [6.45, 7) is 5.00. The first-order valence-electron chi connectivity index (χ1n) is 10.1. The zero-order valence-corrected chi connectivity index (χ0v) is 18.6. The minimum absolute atomic E-state index is 0.00279. The van der Waals surface area contributed by atoms with Crippen molar-refractivity contribution in [2.45, 2.75) is 37.6 Å². The molecule has 168 valence electrons. The Bertz CT molecular complexity index is 1050. The molecule has 1 aromatic heterocycles. The maximum atomic E-state index is 13.3. The Morgan fingerprint density at radius 3 is 2.74 bits per heavy atom. The molecule has 10 nitrogen and oxygen atoms in total. The van der Waals surface area contributed by atoms with Crippen LogP contribution in [0.1, 0.15) is 53.6 Å². The number of nitrogens with one attached hydrogen (secondary N) is 1. The Morgan fingerprint density at radius 1 is 1.29 bits per heavy atom. The van der Waals surface area contributed by atoms with Crippen molar-refractivity contribution in [1.82, 2.24) is 24.6 Å². The number of ether oxygens (including phenoxy) is 1. The summed E-state index contributed by atoms with van der Waals surface area (Å²) >= 11 is 0. The molecule has 31 heavy (non-hydrogen) atoms. The van der Waals surface area contributed by atoms with E-state index in [4.69, 9.17) is 4.74 Å². The van der Waals surface area contributed by atoms with E-state index in [-0.39, 0.29) is 34.6 Å². The maximum Gasteiger partial charge on any atom is 0.339 e. The van der Waals surface area contributed by atoms with Crippen molar-refractivity contribution in [3.8, 4) is 0 Å². The Hall–Kier alpha value is -2.79. The van der Waals surface area contributed by atoms with E-state index in [1.807, 2.05) is 13.8 Å². The van der Waals surface area contributed by atoms with Gasteiger partial charge in [-0.3, -0.25) is 4.79 Å². The summed E-state index contributed by atoms with van der Waals surface area (Å²) in [6.07, 6.45) is 2.85. The number of hydrogen-bond acceptors (Lipinski definition) is 7. The zero-order valence-electron chi connectivity index (χ0n) is 17.8. The number of hydrogen-bond donors (Lipinski definition) is 1. The number of methoxy groups -OCH3 is 1. The molecule has 1 atom stereocenters. The standard InChI is InChI=1S/C20H27N5O5S/c1-14(2)11-21-19(26)17-13-25(23-22-17)15-7-6-10-24(12-15)31(28,29)18-9-5-4-8-16(18)20(27)30-3/h4-5,8-9,13-15H,6-7,10-12H2,1-3H3,(H,21,26)/t15-/m0/s1. The number of sulfonamides is 1. The molecular formula is C20H27N5O5S. The van der Waals surface area contributed by atoms with Crippen molar-refractivity contribution in [2.75, 3.05) is 26.7 Å². The van der Waals surface area contributed by atoms with Gasteiger partial charge in [0.1, 0.15) is 0 Å². The van der Waals surface area contributed by atoms with Crippen LogP contribution < -0.4 is 5.32 Å². The third-order valence-electron chi connectivity index (χ3n) is 5.06. The number of carbonyl (C=O) groups is 2. The van der Waals surface area contributed by atoms with E-state index < -0.39 is 16.0 Å². The van der Waals surface area contributed by atoms with Gasteiger partial charge in [-0.2, -0.15) is 4.31 Å². The summed E-state index contributed by atoms with van der Waals surface area (Å²) in [5, 5.41) is 10.8. The van der Waals surface area contributed by atoms with Gasteiger partial charge in [-0.25, -0.2) is 17.9 Å². The first kappa shape index (κ1) is 22.9. The second-order valence-electron chi connectivity index (χ2n) is 7.83. The van der Waals surface area contributed by atoms with Crippen molar-refractivity contribution in [2.24, 2.45) is 5.92 Å². The number of piperidine rings is 1. The summed E-state index contributed by atoms with van der Waals surface area (Å²) in [4.78, 5) is 24.2. The second-order valence-corrected chi connectivity index (χ2v) is 9.74. The number of rotatable bonds is 7. The summed E-state index contributed by atoms with van der Waals surface area (Å²) in [7, 11) is -2.71. The van der Waals surface area contributed by atoms with Gasteiger partial charge in [-0.1, -0.05) is 31.2 Å². The zero-order chi connectivity index (χ0) is 22.6. The summed E-state index contributed by atoms with van der Waals surface area (Å²) in [6, 6.07) is 5.72. The average molecular weight is 450 g/mol. The molecule has 2 heterocycles. The van der Waals surface area contributed by atoms with Gasteiger partial charge < -0.3 is 10.1 Å². The van der Waals surface area contributed by atoms with E-state index in [9.17, 15) is 18.0 Å². The van der Waals surface area contributed by atoms with Crippen LogP contribution >= 0.6 is 0 Å². The lowest BCUT2D eigenvalue weighted by Crippen LogP contribution is -2.41. The van der Waals surface area contributed by atoms with E-state index in [2.05, 4.69) is 15.6 Å². The Morgan fingerprint density at radius 2 is 2.03 bits per heavy atom. The van der Waals surface area contributed by atoms with Crippen LogP contribution in [0.5, 0.6) is 0 Å². The molecule has 0 aliphatic carbocycles. The summed E-state index contributed by atoms with van der Waals surface area (Å²) in [5.74, 6) is -0.711. The number of nitrogens with zero attached hydrogens (tertiary/aromatic N) is 4. The molecule has 0 unspecified atom stereocenters. The molecule has 1 saturated heterocycles. The van der Waals surface area contributed by atoms with Crippen molar-refractivity contribution < 1.29 is 22.7 Å². The molecule has 11 heteroatoms. The third-order valence-corrected chi connectivity index (χ3v) is 6.98. The Labute approximate surface area is 181 Å². The van der Waals surface area contributed by atoms with Crippen LogP contribution in [0.25, 0.3) is 0 Å². The fourth-order valence-corrected chi connectivity index (χ4v) is 5.11. The largest absolute Gasteiger partial charge is 0.465 e. The van der Waals surface area contributed by atoms with Gasteiger partial charge >= 0.3 is 5.97 Å². The van der Waals surface area contributed by atoms with E-state index in [0.29, 0.717) is 31.8 Å². The molecular weight excluding hydrogens is 422 g/mol. The molecule has 2 aromatic rings. The van der Waals surface area contributed by atoms with Crippen LogP contribution in [0.15, 0.2) is 35.4 Å². The highest BCUT2D eigenvalue weighted by Gasteiger charge is 2.34. The fraction of sp³-hybridized carbons (Fsp3) is 0.500.